The lowest BCUT2D eigenvalue weighted by Gasteiger charge is -2.34. The summed E-state index contributed by atoms with van der Waals surface area (Å²) >= 11 is 0. The van der Waals surface area contributed by atoms with Crippen molar-refractivity contribution in [2.24, 2.45) is 5.92 Å². The molecule has 0 spiro atoms. The van der Waals surface area contributed by atoms with Gasteiger partial charge in [-0.25, -0.2) is 9.78 Å². The van der Waals surface area contributed by atoms with Gasteiger partial charge in [0.25, 0.3) is 0 Å². The highest BCUT2D eigenvalue weighted by molar-refractivity contribution is 5.72. The molecule has 1 aromatic heterocycles. The van der Waals surface area contributed by atoms with E-state index in [9.17, 15) is 4.79 Å². The lowest BCUT2D eigenvalue weighted by atomic mass is 9.90. The fourth-order valence-electron chi connectivity index (χ4n) is 4.28. The Morgan fingerprint density at radius 3 is 2.52 bits per heavy atom. The van der Waals surface area contributed by atoms with E-state index in [4.69, 9.17) is 14.8 Å². The monoisotopic (exact) mass is 346 g/mol. The minimum Gasteiger partial charge on any atom is -0.479 e. The zero-order valence-electron chi connectivity index (χ0n) is 14.5. The van der Waals surface area contributed by atoms with Crippen LogP contribution in [0.25, 0.3) is 0 Å². The van der Waals surface area contributed by atoms with Crippen molar-refractivity contribution in [3.05, 3.63) is 12.3 Å². The Hall–Kier alpha value is -1.89. The molecule has 136 valence electrons. The van der Waals surface area contributed by atoms with Crippen molar-refractivity contribution in [3.8, 4) is 0 Å². The molecule has 0 amide bonds. The minimum atomic E-state index is -0.827. The quantitative estimate of drug-likeness (QED) is 0.892. The van der Waals surface area contributed by atoms with Crippen molar-refractivity contribution in [1.29, 1.82) is 0 Å². The van der Waals surface area contributed by atoms with E-state index in [1.165, 1.54) is 12.8 Å². The Kier molecular flexibility index (Phi) is 4.74. The van der Waals surface area contributed by atoms with Gasteiger partial charge >= 0.3 is 5.97 Å². The SMILES string of the molecule is O=C(O)[C@H]1CC[C@@H](C2CCN(c3nccc(N4CCCC4)n3)CC2)O1. The Labute approximate surface area is 148 Å². The Balaban J connectivity index is 1.34. The third-order valence-electron chi connectivity index (χ3n) is 5.73. The minimum absolute atomic E-state index is 0.0973. The highest BCUT2D eigenvalue weighted by Crippen LogP contribution is 2.33. The number of nitrogens with zero attached hydrogens (tertiary/aromatic N) is 4. The maximum Gasteiger partial charge on any atom is 0.332 e. The Bertz CT molecular complexity index is 612. The van der Waals surface area contributed by atoms with Gasteiger partial charge in [0.2, 0.25) is 5.95 Å². The van der Waals surface area contributed by atoms with Gasteiger partial charge in [-0.05, 0) is 50.5 Å². The van der Waals surface area contributed by atoms with Crippen LogP contribution in [0.15, 0.2) is 12.3 Å². The van der Waals surface area contributed by atoms with Gasteiger partial charge in [-0.15, -0.1) is 0 Å². The maximum absolute atomic E-state index is 11.1. The molecule has 0 aliphatic carbocycles. The normalized spacial score (nSPS) is 27.8. The van der Waals surface area contributed by atoms with Crippen LogP contribution in [0.5, 0.6) is 0 Å². The maximum atomic E-state index is 11.1. The van der Waals surface area contributed by atoms with Crippen LogP contribution in [0.3, 0.4) is 0 Å². The number of hydrogen-bond donors (Lipinski definition) is 1. The van der Waals surface area contributed by atoms with Crippen LogP contribution in [0.2, 0.25) is 0 Å². The van der Waals surface area contributed by atoms with Crippen molar-refractivity contribution in [1.82, 2.24) is 9.97 Å². The molecule has 1 N–H and O–H groups in total. The number of hydrogen-bond acceptors (Lipinski definition) is 6. The summed E-state index contributed by atoms with van der Waals surface area (Å²) in [5.41, 5.74) is 0. The average Bonchev–Trinajstić information content (AvgIpc) is 3.34. The standard InChI is InChI=1S/C18H26N4O3/c23-17(24)15-4-3-14(25-15)13-6-11-22(12-7-13)18-19-8-5-16(20-18)21-9-1-2-10-21/h5,8,13-15H,1-4,6-7,9-12H2,(H,23,24)/t14-,15+/m0/s1. The van der Waals surface area contributed by atoms with Crippen molar-refractivity contribution in [3.63, 3.8) is 0 Å². The molecule has 4 heterocycles. The molecule has 25 heavy (non-hydrogen) atoms. The van der Waals surface area contributed by atoms with Gasteiger partial charge < -0.3 is 19.6 Å². The third-order valence-corrected chi connectivity index (χ3v) is 5.73. The van der Waals surface area contributed by atoms with Gasteiger partial charge in [0.15, 0.2) is 6.10 Å². The van der Waals surface area contributed by atoms with Gasteiger partial charge in [-0.2, -0.15) is 4.98 Å². The van der Waals surface area contributed by atoms with Crippen molar-refractivity contribution >= 4 is 17.7 Å². The number of carbonyl (C=O) groups is 1. The first kappa shape index (κ1) is 16.6. The number of aliphatic carboxylic acids is 1. The van der Waals surface area contributed by atoms with E-state index in [2.05, 4.69) is 14.8 Å². The molecule has 3 saturated heterocycles. The molecule has 0 radical (unpaired) electrons. The molecule has 7 heteroatoms. The predicted molar refractivity (Wildman–Crippen MR) is 93.9 cm³/mol. The van der Waals surface area contributed by atoms with Crippen LogP contribution in [0.1, 0.15) is 38.5 Å². The number of carboxylic acid groups (broad SMARTS) is 1. The first-order chi connectivity index (χ1) is 12.2. The zero-order valence-corrected chi connectivity index (χ0v) is 14.5. The molecule has 7 nitrogen and oxygen atoms in total. The first-order valence-electron chi connectivity index (χ1n) is 9.42. The molecule has 0 saturated carbocycles. The predicted octanol–water partition coefficient (Wildman–Crippen LogP) is 1.93. The van der Waals surface area contributed by atoms with Gasteiger partial charge in [0, 0.05) is 32.4 Å². The topological polar surface area (TPSA) is 78.8 Å². The molecule has 3 fully saturated rings. The van der Waals surface area contributed by atoms with Gasteiger partial charge in [-0.1, -0.05) is 0 Å². The first-order valence-corrected chi connectivity index (χ1v) is 9.42. The van der Waals surface area contributed by atoms with Gasteiger partial charge in [-0.3, -0.25) is 0 Å². The summed E-state index contributed by atoms with van der Waals surface area (Å²) in [7, 11) is 0. The second-order valence-corrected chi connectivity index (χ2v) is 7.31. The third kappa shape index (κ3) is 3.56. The molecular formula is C18H26N4O3. The number of ether oxygens (including phenoxy) is 1. The molecule has 1 aromatic rings. The van der Waals surface area contributed by atoms with E-state index in [1.807, 2.05) is 12.3 Å². The molecule has 3 aliphatic heterocycles. The van der Waals surface area contributed by atoms with Gasteiger partial charge in [0.1, 0.15) is 5.82 Å². The number of anilines is 2. The van der Waals surface area contributed by atoms with E-state index in [0.29, 0.717) is 12.3 Å². The van der Waals surface area contributed by atoms with Crippen LogP contribution in [-0.4, -0.2) is 59.4 Å². The summed E-state index contributed by atoms with van der Waals surface area (Å²) in [4.78, 5) is 24.9. The fraction of sp³-hybridized carbons (Fsp3) is 0.722. The number of rotatable bonds is 4. The van der Waals surface area contributed by atoms with Crippen molar-refractivity contribution in [2.45, 2.75) is 50.7 Å². The molecule has 3 aliphatic rings. The second-order valence-electron chi connectivity index (χ2n) is 7.31. The largest absolute Gasteiger partial charge is 0.479 e. The van der Waals surface area contributed by atoms with Crippen molar-refractivity contribution in [2.75, 3.05) is 36.0 Å². The van der Waals surface area contributed by atoms with E-state index in [-0.39, 0.29) is 6.10 Å². The van der Waals surface area contributed by atoms with Crippen LogP contribution in [-0.2, 0) is 9.53 Å². The van der Waals surface area contributed by atoms with E-state index in [1.54, 1.807) is 0 Å². The molecule has 2 atom stereocenters. The lowest BCUT2D eigenvalue weighted by molar-refractivity contribution is -0.150. The summed E-state index contributed by atoms with van der Waals surface area (Å²) < 4.78 is 5.73. The average molecular weight is 346 g/mol. The van der Waals surface area contributed by atoms with Crippen LogP contribution in [0.4, 0.5) is 11.8 Å². The molecule has 0 aromatic carbocycles. The second kappa shape index (κ2) is 7.15. The Morgan fingerprint density at radius 2 is 1.84 bits per heavy atom. The Morgan fingerprint density at radius 1 is 1.08 bits per heavy atom. The molecule has 0 bridgehead atoms. The molecular weight excluding hydrogens is 320 g/mol. The lowest BCUT2D eigenvalue weighted by Crippen LogP contribution is -2.39. The highest BCUT2D eigenvalue weighted by Gasteiger charge is 2.36. The summed E-state index contributed by atoms with van der Waals surface area (Å²) in [6.07, 6.45) is 7.35. The smallest absolute Gasteiger partial charge is 0.332 e. The van der Waals surface area contributed by atoms with Gasteiger partial charge in [0.05, 0.1) is 6.10 Å². The zero-order chi connectivity index (χ0) is 17.2. The molecule has 0 unspecified atom stereocenters. The number of aromatic nitrogens is 2. The van der Waals surface area contributed by atoms with Crippen LogP contribution >= 0.6 is 0 Å². The van der Waals surface area contributed by atoms with Crippen LogP contribution in [0, 0.1) is 5.92 Å². The highest BCUT2D eigenvalue weighted by atomic mass is 16.5. The fourth-order valence-corrected chi connectivity index (χ4v) is 4.28. The van der Waals surface area contributed by atoms with E-state index < -0.39 is 12.1 Å². The summed E-state index contributed by atoms with van der Waals surface area (Å²) in [5, 5.41) is 9.08. The van der Waals surface area contributed by atoms with E-state index >= 15 is 0 Å². The summed E-state index contributed by atoms with van der Waals surface area (Å²) in [6.45, 7) is 3.99. The number of carboxylic acids is 1. The number of piperidine rings is 1. The van der Waals surface area contributed by atoms with Crippen LogP contribution < -0.4 is 9.80 Å². The molecule has 4 rings (SSSR count). The summed E-state index contributed by atoms with van der Waals surface area (Å²) in [5.74, 6) is 1.47. The van der Waals surface area contributed by atoms with E-state index in [0.717, 1.165) is 57.2 Å². The summed E-state index contributed by atoms with van der Waals surface area (Å²) in [6, 6.07) is 2.00. The van der Waals surface area contributed by atoms with Crippen molar-refractivity contribution < 1.29 is 14.6 Å².